The van der Waals surface area contributed by atoms with Crippen LogP contribution < -0.4 is 5.32 Å². The van der Waals surface area contributed by atoms with Gasteiger partial charge in [0.1, 0.15) is 0 Å². The molecule has 23 heavy (non-hydrogen) atoms. The zero-order valence-corrected chi connectivity index (χ0v) is 14.3. The summed E-state index contributed by atoms with van der Waals surface area (Å²) in [6, 6.07) is 10.6. The second-order valence-corrected chi connectivity index (χ2v) is 6.14. The van der Waals surface area contributed by atoms with Crippen LogP contribution in [0.25, 0.3) is 0 Å². The largest absolute Gasteiger partial charge is 0.469 e. The lowest BCUT2D eigenvalue weighted by molar-refractivity contribution is -0.144. The molecule has 0 aliphatic carbocycles. The van der Waals surface area contributed by atoms with Gasteiger partial charge in [-0.05, 0) is 24.3 Å². The minimum atomic E-state index is -0.198. The van der Waals surface area contributed by atoms with E-state index >= 15 is 0 Å². The molecular weight excluding hydrogens is 290 g/mol. The zero-order valence-electron chi connectivity index (χ0n) is 14.3. The normalized spacial score (nSPS) is 19.5. The second-order valence-electron chi connectivity index (χ2n) is 6.14. The summed E-state index contributed by atoms with van der Waals surface area (Å²) < 4.78 is 4.75. The maximum absolute atomic E-state index is 11.5. The molecule has 1 aromatic carbocycles. The third-order valence-electron chi connectivity index (χ3n) is 4.33. The lowest BCUT2D eigenvalue weighted by Crippen LogP contribution is -2.42. The summed E-state index contributed by atoms with van der Waals surface area (Å²) >= 11 is 0. The Labute approximate surface area is 138 Å². The van der Waals surface area contributed by atoms with Crippen molar-refractivity contribution in [3.05, 3.63) is 35.9 Å². The van der Waals surface area contributed by atoms with Crippen LogP contribution in [0.5, 0.6) is 0 Å². The molecule has 0 radical (unpaired) electrons. The number of likely N-dealkylation sites (tertiary alicyclic amines) is 1. The molecule has 1 fully saturated rings. The van der Waals surface area contributed by atoms with Crippen LogP contribution in [-0.2, 0) is 16.0 Å². The first-order chi connectivity index (χ1) is 11.1. The molecule has 0 bridgehead atoms. The van der Waals surface area contributed by atoms with Gasteiger partial charge in [0.05, 0.1) is 13.0 Å². The van der Waals surface area contributed by atoms with Crippen molar-refractivity contribution in [1.82, 2.24) is 10.2 Å². The quantitative estimate of drug-likeness (QED) is 0.512. The third-order valence-corrected chi connectivity index (χ3v) is 4.33. The van der Waals surface area contributed by atoms with Gasteiger partial charge in [-0.3, -0.25) is 9.79 Å². The molecular formula is C18H27N3O2. The van der Waals surface area contributed by atoms with Crippen molar-refractivity contribution < 1.29 is 9.53 Å². The molecule has 0 saturated carbocycles. The van der Waals surface area contributed by atoms with E-state index in [-0.39, 0.29) is 11.9 Å². The molecule has 1 saturated heterocycles. The SMILES string of the molecule is CN=C(NCC(C)C(=O)OC)N1CCC(Cc2ccccc2)C1. The Balaban J connectivity index is 1.83. The lowest BCUT2D eigenvalue weighted by atomic mass is 9.99. The maximum Gasteiger partial charge on any atom is 0.310 e. The van der Waals surface area contributed by atoms with E-state index in [1.807, 2.05) is 6.92 Å². The number of esters is 1. The van der Waals surface area contributed by atoms with E-state index in [0.717, 1.165) is 25.5 Å². The highest BCUT2D eigenvalue weighted by atomic mass is 16.5. The van der Waals surface area contributed by atoms with Gasteiger partial charge in [0.15, 0.2) is 5.96 Å². The Hall–Kier alpha value is -2.04. The van der Waals surface area contributed by atoms with Crippen molar-refractivity contribution in [2.75, 3.05) is 33.8 Å². The first-order valence-corrected chi connectivity index (χ1v) is 8.21. The molecule has 126 valence electrons. The number of aliphatic imine (C=N–C) groups is 1. The van der Waals surface area contributed by atoms with Gasteiger partial charge in [-0.2, -0.15) is 0 Å². The van der Waals surface area contributed by atoms with Crippen molar-refractivity contribution in [3.63, 3.8) is 0 Å². The predicted octanol–water partition coefficient (Wildman–Crippen LogP) is 1.94. The molecule has 1 aromatic rings. The number of rotatable bonds is 5. The molecule has 5 nitrogen and oxygen atoms in total. The molecule has 2 unspecified atom stereocenters. The number of carbonyl (C=O) groups excluding carboxylic acids is 1. The topological polar surface area (TPSA) is 53.9 Å². The van der Waals surface area contributed by atoms with Gasteiger partial charge in [-0.1, -0.05) is 37.3 Å². The second kappa shape index (κ2) is 8.56. The van der Waals surface area contributed by atoms with Crippen LogP contribution in [-0.4, -0.2) is 50.6 Å². The fourth-order valence-corrected chi connectivity index (χ4v) is 3.00. The molecule has 0 amide bonds. The number of methoxy groups -OCH3 is 1. The molecule has 2 atom stereocenters. The number of nitrogens with zero attached hydrogens (tertiary/aromatic N) is 2. The van der Waals surface area contributed by atoms with E-state index in [9.17, 15) is 4.79 Å². The summed E-state index contributed by atoms with van der Waals surface area (Å²) in [5.74, 6) is 1.14. The Morgan fingerprint density at radius 3 is 2.83 bits per heavy atom. The summed E-state index contributed by atoms with van der Waals surface area (Å²) in [6.07, 6.45) is 2.27. The van der Waals surface area contributed by atoms with E-state index in [1.54, 1.807) is 7.05 Å². The summed E-state index contributed by atoms with van der Waals surface area (Å²) in [5.41, 5.74) is 1.39. The number of hydrogen-bond acceptors (Lipinski definition) is 3. The number of benzene rings is 1. The molecule has 0 aromatic heterocycles. The number of nitrogens with one attached hydrogen (secondary N) is 1. The zero-order chi connectivity index (χ0) is 16.7. The predicted molar refractivity (Wildman–Crippen MR) is 92.4 cm³/mol. The lowest BCUT2D eigenvalue weighted by Gasteiger charge is -2.23. The molecule has 1 N–H and O–H groups in total. The smallest absolute Gasteiger partial charge is 0.310 e. The van der Waals surface area contributed by atoms with Crippen molar-refractivity contribution in [2.45, 2.75) is 19.8 Å². The monoisotopic (exact) mass is 317 g/mol. The summed E-state index contributed by atoms with van der Waals surface area (Å²) in [4.78, 5) is 18.1. The van der Waals surface area contributed by atoms with Crippen LogP contribution in [0.15, 0.2) is 35.3 Å². The van der Waals surface area contributed by atoms with Gasteiger partial charge < -0.3 is 15.0 Å². The van der Waals surface area contributed by atoms with E-state index in [4.69, 9.17) is 4.74 Å². The van der Waals surface area contributed by atoms with Gasteiger partial charge in [0, 0.05) is 26.7 Å². The van der Waals surface area contributed by atoms with Crippen LogP contribution in [0.2, 0.25) is 0 Å². The van der Waals surface area contributed by atoms with Crippen LogP contribution in [0.4, 0.5) is 0 Å². The van der Waals surface area contributed by atoms with Crippen LogP contribution in [0.3, 0.4) is 0 Å². The average Bonchev–Trinajstić information content (AvgIpc) is 3.03. The Bertz CT molecular complexity index is 530. The van der Waals surface area contributed by atoms with Crippen LogP contribution in [0, 0.1) is 11.8 Å². The van der Waals surface area contributed by atoms with Gasteiger partial charge >= 0.3 is 5.97 Å². The molecule has 2 rings (SSSR count). The van der Waals surface area contributed by atoms with Crippen molar-refractivity contribution in [2.24, 2.45) is 16.8 Å². The molecule has 1 aliphatic heterocycles. The highest BCUT2D eigenvalue weighted by Crippen LogP contribution is 2.20. The number of guanidine groups is 1. The van der Waals surface area contributed by atoms with Crippen molar-refractivity contribution >= 4 is 11.9 Å². The van der Waals surface area contributed by atoms with Crippen LogP contribution in [0.1, 0.15) is 18.9 Å². The van der Waals surface area contributed by atoms with E-state index in [0.29, 0.717) is 12.5 Å². The highest BCUT2D eigenvalue weighted by Gasteiger charge is 2.25. The minimum Gasteiger partial charge on any atom is -0.469 e. The Morgan fingerprint density at radius 1 is 1.43 bits per heavy atom. The highest BCUT2D eigenvalue weighted by molar-refractivity contribution is 5.81. The minimum absolute atomic E-state index is 0.181. The Kier molecular flexibility index (Phi) is 6.44. The fourth-order valence-electron chi connectivity index (χ4n) is 3.00. The number of ether oxygens (including phenoxy) is 1. The van der Waals surface area contributed by atoms with Crippen molar-refractivity contribution in [1.29, 1.82) is 0 Å². The third kappa shape index (κ3) is 4.98. The summed E-state index contributed by atoms with van der Waals surface area (Å²) in [6.45, 7) is 4.40. The Morgan fingerprint density at radius 2 is 2.17 bits per heavy atom. The molecule has 1 heterocycles. The summed E-state index contributed by atoms with van der Waals surface area (Å²) in [7, 11) is 3.21. The molecule has 1 aliphatic rings. The first-order valence-electron chi connectivity index (χ1n) is 8.21. The average molecular weight is 317 g/mol. The van der Waals surface area contributed by atoms with E-state index in [1.165, 1.54) is 19.1 Å². The fraction of sp³-hybridized carbons (Fsp3) is 0.556. The van der Waals surface area contributed by atoms with Gasteiger partial charge in [0.25, 0.3) is 0 Å². The standard InChI is InChI=1S/C18H27N3O2/c1-14(17(22)23-3)12-20-18(19-2)21-10-9-16(13-21)11-15-7-5-4-6-8-15/h4-8,14,16H,9-13H2,1-3H3,(H,19,20). The first kappa shape index (κ1) is 17.3. The van der Waals surface area contributed by atoms with E-state index in [2.05, 4.69) is 45.5 Å². The van der Waals surface area contributed by atoms with Gasteiger partial charge in [-0.15, -0.1) is 0 Å². The number of carbonyl (C=O) groups is 1. The number of hydrogen-bond donors (Lipinski definition) is 1. The molecule has 0 spiro atoms. The van der Waals surface area contributed by atoms with Crippen molar-refractivity contribution in [3.8, 4) is 0 Å². The molecule has 5 heteroatoms. The maximum atomic E-state index is 11.5. The van der Waals surface area contributed by atoms with Crippen LogP contribution >= 0.6 is 0 Å². The summed E-state index contributed by atoms with van der Waals surface area (Å²) in [5, 5.41) is 3.29. The van der Waals surface area contributed by atoms with Gasteiger partial charge in [0.2, 0.25) is 0 Å². The van der Waals surface area contributed by atoms with Gasteiger partial charge in [-0.25, -0.2) is 0 Å². The van der Waals surface area contributed by atoms with E-state index < -0.39 is 0 Å².